The molecule has 0 spiro atoms. The van der Waals surface area contributed by atoms with Gasteiger partial charge in [-0.1, -0.05) is 0 Å². The fourth-order valence-electron chi connectivity index (χ4n) is 2.86. The average Bonchev–Trinajstić information content (AvgIpc) is 2.42. The molecule has 2 amide bonds. The molecule has 2 N–H and O–H groups in total. The second-order valence-corrected chi connectivity index (χ2v) is 11.4. The molecular weight excluding hydrogens is 432 g/mol. The van der Waals surface area contributed by atoms with E-state index < -0.39 is 49.5 Å². The minimum Gasteiger partial charge on any atom is -0.464 e. The van der Waals surface area contributed by atoms with Gasteiger partial charge in [-0.15, -0.1) is 0 Å². The van der Waals surface area contributed by atoms with Crippen LogP contribution in [0.2, 0.25) is 0 Å². The van der Waals surface area contributed by atoms with Crippen molar-refractivity contribution in [2.24, 2.45) is 5.41 Å². The van der Waals surface area contributed by atoms with Crippen molar-refractivity contribution in [1.29, 1.82) is 0 Å². The smallest absolute Gasteiger partial charge is 0.429 e. The first kappa shape index (κ1) is 25.4. The van der Waals surface area contributed by atoms with Gasteiger partial charge in [0.15, 0.2) is 0 Å². The molecule has 12 nitrogen and oxygen atoms in total. The normalized spacial score (nSPS) is 22.4. The van der Waals surface area contributed by atoms with Crippen LogP contribution in [-0.4, -0.2) is 76.5 Å². The van der Waals surface area contributed by atoms with Crippen molar-refractivity contribution in [3.63, 3.8) is 0 Å². The lowest BCUT2D eigenvalue weighted by atomic mass is 9.64. The number of hydrogen-bond acceptors (Lipinski definition) is 9. The highest BCUT2D eigenvalue weighted by atomic mass is 32.2. The summed E-state index contributed by atoms with van der Waals surface area (Å²) in [7, 11) is -7.45. The fourth-order valence-corrected chi connectivity index (χ4v) is 3.71. The van der Waals surface area contributed by atoms with Gasteiger partial charge in [0.25, 0.3) is 20.2 Å². The first-order valence-corrected chi connectivity index (χ1v) is 12.3. The first-order chi connectivity index (χ1) is 12.9. The van der Waals surface area contributed by atoms with E-state index in [0.717, 1.165) is 17.5 Å². The number of nitrogens with one attached hydrogen (secondary N) is 1. The van der Waals surface area contributed by atoms with Gasteiger partial charge in [-0.25, -0.2) is 20.0 Å². The van der Waals surface area contributed by atoms with Gasteiger partial charge in [0, 0.05) is 5.41 Å². The minimum absolute atomic E-state index is 0.126. The molecule has 0 atom stereocenters. The molecule has 0 aromatic rings. The lowest BCUT2D eigenvalue weighted by Crippen LogP contribution is -2.61. The third-order valence-electron chi connectivity index (χ3n) is 4.02. The fraction of sp³-hybridized carbons (Fsp3) is 0.867. The van der Waals surface area contributed by atoms with E-state index in [0.29, 0.717) is 0 Å². The average molecular weight is 461 g/mol. The summed E-state index contributed by atoms with van der Waals surface area (Å²) in [5.74, 6) is 0. The van der Waals surface area contributed by atoms with Crippen LogP contribution in [0.4, 0.5) is 9.59 Å². The van der Waals surface area contributed by atoms with Gasteiger partial charge in [0.05, 0.1) is 31.8 Å². The van der Waals surface area contributed by atoms with Crippen molar-refractivity contribution in [3.8, 4) is 0 Å². The quantitative estimate of drug-likeness (QED) is 0.392. The molecule has 170 valence electrons. The van der Waals surface area contributed by atoms with Crippen LogP contribution in [0.25, 0.3) is 0 Å². The molecule has 1 saturated carbocycles. The van der Waals surface area contributed by atoms with E-state index in [9.17, 15) is 26.4 Å². The summed E-state index contributed by atoms with van der Waals surface area (Å²) < 4.78 is 59.8. The highest BCUT2D eigenvalue weighted by molar-refractivity contribution is 7.86. The Morgan fingerprint density at radius 1 is 1.10 bits per heavy atom. The van der Waals surface area contributed by atoms with Crippen molar-refractivity contribution in [3.05, 3.63) is 0 Å². The molecule has 1 fully saturated rings. The Balaban J connectivity index is 2.91. The predicted molar refractivity (Wildman–Crippen MR) is 101 cm³/mol. The number of ether oxygens (including phenoxy) is 1. The lowest BCUT2D eigenvalue weighted by Gasteiger charge is -2.50. The Labute approximate surface area is 170 Å². The largest absolute Gasteiger partial charge is 0.464 e. The molecule has 29 heavy (non-hydrogen) atoms. The molecule has 1 aliphatic carbocycles. The maximum absolute atomic E-state index is 12.3. The van der Waals surface area contributed by atoms with Crippen molar-refractivity contribution in [2.75, 3.05) is 25.7 Å². The number of nitrogens with zero attached hydrogens (tertiary/aromatic N) is 1. The van der Waals surface area contributed by atoms with E-state index in [1.165, 1.54) is 0 Å². The molecule has 0 unspecified atom stereocenters. The van der Waals surface area contributed by atoms with Crippen molar-refractivity contribution >= 4 is 32.4 Å². The van der Waals surface area contributed by atoms with Crippen LogP contribution in [0.3, 0.4) is 0 Å². The van der Waals surface area contributed by atoms with Gasteiger partial charge < -0.3 is 9.84 Å². The molecule has 0 heterocycles. The SMILES string of the molecule is CC(C)(C)OC(=O)N(NC(=O)O)C1CC(CCOS(C)(=O)=O)(COS(C)(=O)=O)C1. The number of rotatable bonds is 8. The summed E-state index contributed by atoms with van der Waals surface area (Å²) in [4.78, 5) is 23.4. The third-order valence-corrected chi connectivity index (χ3v) is 5.16. The van der Waals surface area contributed by atoms with Crippen LogP contribution in [0.15, 0.2) is 0 Å². The second kappa shape index (κ2) is 9.02. The van der Waals surface area contributed by atoms with E-state index in [1.54, 1.807) is 20.8 Å². The maximum Gasteiger partial charge on any atom is 0.429 e. The Morgan fingerprint density at radius 3 is 2.03 bits per heavy atom. The third kappa shape index (κ3) is 9.60. The van der Waals surface area contributed by atoms with Gasteiger partial charge in [0.2, 0.25) is 0 Å². The molecule has 0 aromatic carbocycles. The van der Waals surface area contributed by atoms with Gasteiger partial charge in [-0.05, 0) is 40.0 Å². The summed E-state index contributed by atoms with van der Waals surface area (Å²) in [6, 6.07) is -0.637. The Morgan fingerprint density at radius 2 is 1.62 bits per heavy atom. The summed E-state index contributed by atoms with van der Waals surface area (Å²) >= 11 is 0. The standard InChI is InChI=1S/C15H28N2O10S2/c1-14(2,3)27-13(20)17(16-12(18)19)11-8-15(9-11,10-26-29(5,23)24)6-7-25-28(4,21)22/h11,16H,6-10H2,1-5H3,(H,18,19). The number of hydrogen-bond donors (Lipinski definition) is 2. The van der Waals surface area contributed by atoms with Gasteiger partial charge in [-0.2, -0.15) is 16.8 Å². The number of carbonyl (C=O) groups excluding carboxylic acids is 1. The summed E-state index contributed by atoms with van der Waals surface area (Å²) in [5.41, 5.74) is 0.301. The van der Waals surface area contributed by atoms with Gasteiger partial charge in [-0.3, -0.25) is 8.37 Å². The van der Waals surface area contributed by atoms with Crippen molar-refractivity contribution < 1.29 is 44.6 Å². The van der Waals surface area contributed by atoms with Crippen LogP contribution < -0.4 is 5.43 Å². The Kier molecular flexibility index (Phi) is 7.90. The highest BCUT2D eigenvalue weighted by Gasteiger charge is 2.50. The number of carbonyl (C=O) groups is 2. The zero-order chi connectivity index (χ0) is 22.7. The van der Waals surface area contributed by atoms with Gasteiger partial charge in [0.1, 0.15) is 5.60 Å². The van der Waals surface area contributed by atoms with Crippen LogP contribution >= 0.6 is 0 Å². The van der Waals surface area contributed by atoms with E-state index in [1.807, 2.05) is 5.43 Å². The molecule has 1 aliphatic rings. The molecule has 14 heteroatoms. The molecule has 0 saturated heterocycles. The summed E-state index contributed by atoms with van der Waals surface area (Å²) in [6.45, 7) is 4.40. The molecule has 0 aromatic heterocycles. The van der Waals surface area contributed by atoms with Crippen molar-refractivity contribution in [2.45, 2.75) is 51.7 Å². The highest BCUT2D eigenvalue weighted by Crippen LogP contribution is 2.47. The number of amides is 2. The van der Waals surface area contributed by atoms with Crippen LogP contribution in [0.1, 0.15) is 40.0 Å². The van der Waals surface area contributed by atoms with Crippen LogP contribution in [-0.2, 0) is 33.3 Å². The monoisotopic (exact) mass is 460 g/mol. The van der Waals surface area contributed by atoms with E-state index in [-0.39, 0.29) is 32.5 Å². The zero-order valence-corrected chi connectivity index (χ0v) is 18.6. The molecular formula is C15H28N2O10S2. The second-order valence-electron chi connectivity index (χ2n) is 8.07. The molecule has 0 aliphatic heterocycles. The van der Waals surface area contributed by atoms with Crippen molar-refractivity contribution in [1.82, 2.24) is 10.4 Å². The molecule has 1 rings (SSSR count). The number of hydrazine groups is 1. The van der Waals surface area contributed by atoms with Crippen LogP contribution in [0.5, 0.6) is 0 Å². The molecule has 0 radical (unpaired) electrons. The predicted octanol–water partition coefficient (Wildman–Crippen LogP) is 0.897. The van der Waals surface area contributed by atoms with Gasteiger partial charge >= 0.3 is 12.2 Å². The minimum atomic E-state index is -3.76. The van der Waals surface area contributed by atoms with Crippen LogP contribution in [0, 0.1) is 5.41 Å². The lowest BCUT2D eigenvalue weighted by molar-refractivity contribution is -0.0642. The Hall–Kier alpha value is -1.64. The topological polar surface area (TPSA) is 166 Å². The maximum atomic E-state index is 12.3. The number of carboxylic acid groups (broad SMARTS) is 1. The summed E-state index contributed by atoms with van der Waals surface area (Å²) in [5, 5.41) is 9.84. The van der Waals surface area contributed by atoms with E-state index in [4.69, 9.17) is 18.2 Å². The van der Waals surface area contributed by atoms with E-state index in [2.05, 4.69) is 0 Å². The van der Waals surface area contributed by atoms with E-state index >= 15 is 0 Å². The Bertz CT molecular complexity index is 811. The zero-order valence-electron chi connectivity index (χ0n) is 17.0. The first-order valence-electron chi connectivity index (χ1n) is 8.62. The summed E-state index contributed by atoms with van der Waals surface area (Å²) in [6.07, 6.45) is -0.192. The molecule has 0 bridgehead atoms.